The Bertz CT molecular complexity index is 1170. The number of amides is 1. The number of aromatic nitrogens is 4. The minimum atomic E-state index is -1.06. The van der Waals surface area contributed by atoms with E-state index in [1.165, 1.54) is 18.3 Å². The van der Waals surface area contributed by atoms with Crippen molar-refractivity contribution < 1.29 is 28.6 Å². The maximum Gasteiger partial charge on any atom is 0.322 e. The summed E-state index contributed by atoms with van der Waals surface area (Å²) in [5, 5.41) is 11.5. The van der Waals surface area contributed by atoms with Gasteiger partial charge in [0.25, 0.3) is 0 Å². The molecule has 0 aliphatic carbocycles. The van der Waals surface area contributed by atoms with Gasteiger partial charge in [-0.2, -0.15) is 0 Å². The number of nitrogens with one attached hydrogen (secondary N) is 2. The molecule has 3 heterocycles. The molecular weight excluding hydrogens is 435 g/mol. The smallest absolute Gasteiger partial charge is 0.322 e. The molecule has 2 aromatic heterocycles. The van der Waals surface area contributed by atoms with Crippen molar-refractivity contribution in [2.24, 2.45) is 11.1 Å². The van der Waals surface area contributed by atoms with E-state index in [0.29, 0.717) is 28.5 Å². The Labute approximate surface area is 187 Å². The van der Waals surface area contributed by atoms with E-state index in [4.69, 9.17) is 20.3 Å². The quantitative estimate of drug-likeness (QED) is 0.414. The number of halogens is 1. The van der Waals surface area contributed by atoms with E-state index in [2.05, 4.69) is 25.3 Å². The van der Waals surface area contributed by atoms with E-state index < -0.39 is 29.4 Å². The van der Waals surface area contributed by atoms with Crippen molar-refractivity contribution in [2.45, 2.75) is 13.2 Å². The molecule has 0 spiro atoms. The number of nitrogens with two attached hydrogens (primary N) is 1. The van der Waals surface area contributed by atoms with Crippen molar-refractivity contribution in [2.75, 3.05) is 25.1 Å². The van der Waals surface area contributed by atoms with E-state index in [1.54, 1.807) is 25.1 Å². The number of carboxylic acids is 1. The van der Waals surface area contributed by atoms with Gasteiger partial charge in [0.05, 0.1) is 35.7 Å². The SMILES string of the molecule is CC1(C(N)=O)COC(c2nc(-c3ccc(F)cc3)c(-c3ccnc(NCC(=O)O)n3)[nH]2)OC1. The third kappa shape index (κ3) is 4.81. The normalized spacial score (nSPS) is 20.4. The molecule has 5 N–H and O–H groups in total. The molecule has 1 aliphatic heterocycles. The number of carbonyl (C=O) groups is 2. The Balaban J connectivity index is 1.70. The van der Waals surface area contributed by atoms with Crippen LogP contribution in [0.2, 0.25) is 0 Å². The van der Waals surface area contributed by atoms with Crippen LogP contribution in [0.4, 0.5) is 10.3 Å². The van der Waals surface area contributed by atoms with Crippen molar-refractivity contribution in [3.63, 3.8) is 0 Å². The molecule has 0 atom stereocenters. The molecule has 0 bridgehead atoms. The molecule has 1 aromatic carbocycles. The molecule has 12 heteroatoms. The Morgan fingerprint density at radius 1 is 1.24 bits per heavy atom. The van der Waals surface area contributed by atoms with Crippen LogP contribution >= 0.6 is 0 Å². The second kappa shape index (κ2) is 8.92. The van der Waals surface area contributed by atoms with E-state index in [9.17, 15) is 14.0 Å². The van der Waals surface area contributed by atoms with Crippen molar-refractivity contribution >= 4 is 17.8 Å². The van der Waals surface area contributed by atoms with E-state index in [1.807, 2.05) is 0 Å². The average Bonchev–Trinajstić information content (AvgIpc) is 3.24. The molecule has 4 rings (SSSR count). The first-order chi connectivity index (χ1) is 15.7. The second-order valence-corrected chi connectivity index (χ2v) is 7.74. The monoisotopic (exact) mass is 456 g/mol. The Kier molecular flexibility index (Phi) is 6.03. The third-order valence-corrected chi connectivity index (χ3v) is 5.07. The number of aromatic amines is 1. The van der Waals surface area contributed by atoms with Crippen LogP contribution in [0.25, 0.3) is 22.6 Å². The number of ether oxygens (including phenoxy) is 2. The Hall–Kier alpha value is -3.90. The molecule has 0 radical (unpaired) electrons. The van der Waals surface area contributed by atoms with Gasteiger partial charge >= 0.3 is 5.97 Å². The van der Waals surface area contributed by atoms with Gasteiger partial charge in [-0.3, -0.25) is 9.59 Å². The van der Waals surface area contributed by atoms with Crippen LogP contribution in [-0.2, 0) is 19.1 Å². The number of hydrogen-bond donors (Lipinski definition) is 4. The standard InChI is InChI=1S/C21H21FN6O5/c1-21(19(23)31)9-32-18(33-10-21)17-27-15(11-2-4-12(22)5-3-11)16(28-17)13-6-7-24-20(26-13)25-8-14(29)30/h2-7,18H,8-10H2,1H3,(H2,23,31)(H,27,28)(H,29,30)(H,24,25,26). The lowest BCUT2D eigenvalue weighted by molar-refractivity contribution is -0.230. The highest BCUT2D eigenvalue weighted by Gasteiger charge is 2.39. The topological polar surface area (TPSA) is 165 Å². The molecule has 11 nitrogen and oxygen atoms in total. The summed E-state index contributed by atoms with van der Waals surface area (Å²) in [4.78, 5) is 38.6. The lowest BCUT2D eigenvalue weighted by atomic mass is 9.91. The zero-order valence-electron chi connectivity index (χ0n) is 17.5. The van der Waals surface area contributed by atoms with Gasteiger partial charge in [0.1, 0.15) is 12.4 Å². The van der Waals surface area contributed by atoms with Gasteiger partial charge in [0.2, 0.25) is 18.1 Å². The van der Waals surface area contributed by atoms with Gasteiger partial charge in [0.15, 0.2) is 5.82 Å². The van der Waals surface area contributed by atoms with Crippen LogP contribution in [-0.4, -0.2) is 56.7 Å². The van der Waals surface area contributed by atoms with Crippen molar-refractivity contribution in [3.8, 4) is 22.6 Å². The number of primary amides is 1. The van der Waals surface area contributed by atoms with Crippen LogP contribution in [0, 0.1) is 11.2 Å². The van der Waals surface area contributed by atoms with E-state index in [0.717, 1.165) is 0 Å². The zero-order chi connectivity index (χ0) is 23.6. The number of rotatable bonds is 7. The fraction of sp³-hybridized carbons (Fsp3) is 0.286. The van der Waals surface area contributed by atoms with E-state index in [-0.39, 0.29) is 25.7 Å². The summed E-state index contributed by atoms with van der Waals surface area (Å²) in [5.74, 6) is -1.57. The lowest BCUT2D eigenvalue weighted by Gasteiger charge is -2.34. The summed E-state index contributed by atoms with van der Waals surface area (Å²) in [5.41, 5.74) is 6.40. The third-order valence-electron chi connectivity index (χ3n) is 5.07. The fourth-order valence-electron chi connectivity index (χ4n) is 3.15. The van der Waals surface area contributed by atoms with Crippen molar-refractivity contribution in [1.82, 2.24) is 19.9 Å². The number of hydrogen-bond acceptors (Lipinski definition) is 8. The predicted octanol–water partition coefficient (Wildman–Crippen LogP) is 1.71. The predicted molar refractivity (Wildman–Crippen MR) is 113 cm³/mol. The first kappa shape index (κ1) is 22.3. The molecule has 1 amide bonds. The molecule has 0 saturated carbocycles. The van der Waals surface area contributed by atoms with E-state index >= 15 is 0 Å². The summed E-state index contributed by atoms with van der Waals surface area (Å²) in [6, 6.07) is 7.36. The molecular formula is C21H21FN6O5. The van der Waals surface area contributed by atoms with Gasteiger partial charge in [-0.15, -0.1) is 0 Å². The molecule has 0 unspecified atom stereocenters. The van der Waals surface area contributed by atoms with Crippen LogP contribution < -0.4 is 11.1 Å². The number of H-pyrrole nitrogens is 1. The van der Waals surface area contributed by atoms with Crippen LogP contribution in [0.15, 0.2) is 36.5 Å². The summed E-state index contributed by atoms with van der Waals surface area (Å²) in [6.07, 6.45) is 0.574. The number of anilines is 1. The minimum Gasteiger partial charge on any atom is -0.480 e. The maximum atomic E-state index is 13.5. The lowest BCUT2D eigenvalue weighted by Crippen LogP contribution is -2.46. The van der Waals surface area contributed by atoms with Crippen LogP contribution in [0.5, 0.6) is 0 Å². The molecule has 1 aliphatic rings. The summed E-state index contributed by atoms with van der Waals surface area (Å²) in [7, 11) is 0. The van der Waals surface area contributed by atoms with Crippen molar-refractivity contribution in [1.29, 1.82) is 0 Å². The Morgan fingerprint density at radius 2 is 1.94 bits per heavy atom. The highest BCUT2D eigenvalue weighted by molar-refractivity contribution is 5.81. The number of carbonyl (C=O) groups excluding carboxylic acids is 1. The van der Waals surface area contributed by atoms with Crippen molar-refractivity contribution in [3.05, 3.63) is 48.2 Å². The van der Waals surface area contributed by atoms with Gasteiger partial charge in [-0.1, -0.05) is 0 Å². The zero-order valence-corrected chi connectivity index (χ0v) is 17.5. The number of benzene rings is 1. The summed E-state index contributed by atoms with van der Waals surface area (Å²) >= 11 is 0. The fourth-order valence-corrected chi connectivity index (χ4v) is 3.15. The highest BCUT2D eigenvalue weighted by atomic mass is 19.1. The molecule has 3 aromatic rings. The summed E-state index contributed by atoms with van der Waals surface area (Å²) in [6.45, 7) is 1.39. The largest absolute Gasteiger partial charge is 0.480 e. The number of aliphatic carboxylic acids is 1. The minimum absolute atomic E-state index is 0.0473. The van der Waals surface area contributed by atoms with Crippen LogP contribution in [0.1, 0.15) is 19.0 Å². The average molecular weight is 456 g/mol. The number of imidazole rings is 1. The van der Waals surface area contributed by atoms with Crippen LogP contribution in [0.3, 0.4) is 0 Å². The van der Waals surface area contributed by atoms with Gasteiger partial charge < -0.3 is 30.6 Å². The molecule has 1 saturated heterocycles. The molecule has 172 valence electrons. The van der Waals surface area contributed by atoms with Gasteiger partial charge in [-0.05, 0) is 37.3 Å². The Morgan fingerprint density at radius 3 is 2.58 bits per heavy atom. The second-order valence-electron chi connectivity index (χ2n) is 7.74. The molecule has 33 heavy (non-hydrogen) atoms. The summed E-state index contributed by atoms with van der Waals surface area (Å²) < 4.78 is 24.9. The number of nitrogens with zero attached hydrogens (tertiary/aromatic N) is 3. The highest BCUT2D eigenvalue weighted by Crippen LogP contribution is 2.35. The molecule has 1 fully saturated rings. The first-order valence-corrected chi connectivity index (χ1v) is 9.93. The van der Waals surface area contributed by atoms with Gasteiger partial charge in [-0.25, -0.2) is 19.3 Å². The first-order valence-electron chi connectivity index (χ1n) is 9.93. The number of carboxylic acid groups (broad SMARTS) is 1. The maximum absolute atomic E-state index is 13.5. The van der Waals surface area contributed by atoms with Gasteiger partial charge in [0, 0.05) is 11.8 Å².